The largest absolute Gasteiger partial charge is 0.394 e. The quantitative estimate of drug-likeness (QED) is 0.302. The van der Waals surface area contributed by atoms with Crippen molar-refractivity contribution < 1.29 is 19.7 Å². The number of thioether (sulfide) groups is 1. The van der Waals surface area contributed by atoms with Gasteiger partial charge in [0.2, 0.25) is 0 Å². The number of methoxy groups -OCH3 is 2. The predicted octanol–water partition coefficient (Wildman–Crippen LogP) is 1.16. The van der Waals surface area contributed by atoms with Gasteiger partial charge < -0.3 is 19.7 Å². The number of hydrogen-bond acceptors (Lipinski definition) is 6. The lowest BCUT2D eigenvalue weighted by Gasteiger charge is -2.23. The zero-order valence-electron chi connectivity index (χ0n) is 10.5. The third kappa shape index (κ3) is 9.16. The lowest BCUT2D eigenvalue weighted by atomic mass is 10.1. The molecule has 2 N–H and O–H groups in total. The lowest BCUT2D eigenvalue weighted by Crippen LogP contribution is -2.25. The normalized spacial score (nSPS) is 15.2. The third-order valence-electron chi connectivity index (χ3n) is 2.38. The van der Waals surface area contributed by atoms with E-state index in [0.717, 1.165) is 17.9 Å². The maximum Gasteiger partial charge on any atom is 0.157 e. The first-order chi connectivity index (χ1) is 8.17. The molecule has 0 amide bonds. The molecule has 0 aromatic carbocycles. The highest BCUT2D eigenvalue weighted by Gasteiger charge is 2.19. The summed E-state index contributed by atoms with van der Waals surface area (Å²) < 4.78 is 10.3. The van der Waals surface area contributed by atoms with Gasteiger partial charge in [-0.2, -0.15) is 24.4 Å². The maximum absolute atomic E-state index is 9.48. The van der Waals surface area contributed by atoms with Crippen LogP contribution in [0.2, 0.25) is 0 Å². The molecule has 4 nitrogen and oxygen atoms in total. The molecular weight excluding hydrogens is 260 g/mol. The van der Waals surface area contributed by atoms with E-state index >= 15 is 0 Å². The number of thiol groups is 1. The van der Waals surface area contributed by atoms with E-state index in [1.165, 1.54) is 0 Å². The average molecular weight is 284 g/mol. The van der Waals surface area contributed by atoms with Gasteiger partial charge in [0.1, 0.15) is 0 Å². The van der Waals surface area contributed by atoms with E-state index in [1.54, 1.807) is 26.0 Å². The molecule has 17 heavy (non-hydrogen) atoms. The average Bonchev–Trinajstić information content (AvgIpc) is 2.35. The Morgan fingerprint density at radius 1 is 1.24 bits per heavy atom. The summed E-state index contributed by atoms with van der Waals surface area (Å²) in [7, 11) is 3.21. The summed E-state index contributed by atoms with van der Waals surface area (Å²) in [5.74, 6) is 1.85. The molecule has 0 aliphatic rings. The summed E-state index contributed by atoms with van der Waals surface area (Å²) in [6.45, 7) is -0.200. The zero-order valence-corrected chi connectivity index (χ0v) is 12.3. The van der Waals surface area contributed by atoms with Crippen molar-refractivity contribution in [3.8, 4) is 0 Å². The molecule has 0 aliphatic carbocycles. The first kappa shape index (κ1) is 17.5. The highest BCUT2D eigenvalue weighted by Crippen LogP contribution is 2.23. The van der Waals surface area contributed by atoms with Crippen LogP contribution in [0.5, 0.6) is 0 Å². The second-order valence-corrected chi connectivity index (χ2v) is 5.63. The van der Waals surface area contributed by atoms with E-state index in [1.807, 2.05) is 0 Å². The number of ether oxygens (including phenoxy) is 2. The van der Waals surface area contributed by atoms with E-state index < -0.39 is 6.10 Å². The number of aliphatic hydroxyl groups excluding tert-OH is 2. The topological polar surface area (TPSA) is 58.9 Å². The van der Waals surface area contributed by atoms with Crippen LogP contribution < -0.4 is 0 Å². The first-order valence-electron chi connectivity index (χ1n) is 5.74. The first-order valence-corrected chi connectivity index (χ1v) is 7.43. The van der Waals surface area contributed by atoms with Gasteiger partial charge in [0.15, 0.2) is 6.29 Å². The van der Waals surface area contributed by atoms with Crippen molar-refractivity contribution >= 4 is 24.4 Å². The van der Waals surface area contributed by atoms with E-state index in [0.29, 0.717) is 12.8 Å². The van der Waals surface area contributed by atoms with Crippen molar-refractivity contribution in [2.75, 3.05) is 32.3 Å². The van der Waals surface area contributed by atoms with E-state index in [9.17, 15) is 5.11 Å². The highest BCUT2D eigenvalue weighted by atomic mass is 32.2. The van der Waals surface area contributed by atoms with Crippen molar-refractivity contribution in [1.82, 2.24) is 0 Å². The van der Waals surface area contributed by atoms with Crippen LogP contribution in [0.15, 0.2) is 0 Å². The van der Waals surface area contributed by atoms with Crippen LogP contribution in [0.25, 0.3) is 0 Å². The molecule has 0 saturated heterocycles. The van der Waals surface area contributed by atoms with Gasteiger partial charge in [-0.05, 0) is 24.3 Å². The minimum atomic E-state index is -0.669. The van der Waals surface area contributed by atoms with E-state index in [4.69, 9.17) is 14.6 Å². The van der Waals surface area contributed by atoms with Gasteiger partial charge in [0.25, 0.3) is 0 Å². The van der Waals surface area contributed by atoms with Gasteiger partial charge in [0, 0.05) is 25.9 Å². The van der Waals surface area contributed by atoms with Gasteiger partial charge >= 0.3 is 0 Å². The van der Waals surface area contributed by atoms with Crippen molar-refractivity contribution in [2.45, 2.75) is 36.9 Å². The Labute approximate surface area is 113 Å². The summed E-state index contributed by atoms with van der Waals surface area (Å²) in [6, 6.07) is 0. The highest BCUT2D eigenvalue weighted by molar-refractivity contribution is 7.99. The Morgan fingerprint density at radius 3 is 2.35 bits per heavy atom. The molecule has 104 valence electrons. The summed E-state index contributed by atoms with van der Waals surface area (Å²) in [6.07, 6.45) is 1.37. The van der Waals surface area contributed by atoms with Gasteiger partial charge in [-0.25, -0.2) is 0 Å². The molecule has 2 unspecified atom stereocenters. The van der Waals surface area contributed by atoms with Gasteiger partial charge in [-0.15, -0.1) is 0 Å². The minimum Gasteiger partial charge on any atom is -0.394 e. The summed E-state index contributed by atoms with van der Waals surface area (Å²) in [5.41, 5.74) is 0. The fraction of sp³-hybridized carbons (Fsp3) is 1.00. The van der Waals surface area contributed by atoms with Gasteiger partial charge in [-0.1, -0.05) is 0 Å². The number of aliphatic hydroxyl groups is 2. The molecule has 0 saturated carbocycles. The van der Waals surface area contributed by atoms with Crippen LogP contribution in [0.3, 0.4) is 0 Å². The summed E-state index contributed by atoms with van der Waals surface area (Å²) in [5, 5.41) is 18.6. The third-order valence-corrected chi connectivity index (χ3v) is 4.08. The van der Waals surface area contributed by atoms with Crippen LogP contribution in [-0.4, -0.2) is 60.2 Å². The van der Waals surface area contributed by atoms with Crippen LogP contribution in [-0.2, 0) is 9.47 Å². The Bertz CT molecular complexity index is 168. The second-order valence-electron chi connectivity index (χ2n) is 3.78. The molecule has 6 heteroatoms. The lowest BCUT2D eigenvalue weighted by molar-refractivity contribution is -0.107. The summed E-state index contributed by atoms with van der Waals surface area (Å²) >= 11 is 5.93. The Morgan fingerprint density at radius 2 is 1.88 bits per heavy atom. The van der Waals surface area contributed by atoms with Crippen molar-refractivity contribution in [3.05, 3.63) is 0 Å². The molecule has 0 fully saturated rings. The molecule has 0 aliphatic heterocycles. The Balaban J connectivity index is 4.08. The summed E-state index contributed by atoms with van der Waals surface area (Å²) in [4.78, 5) is 0. The molecule has 0 aromatic rings. The van der Waals surface area contributed by atoms with Gasteiger partial charge in [-0.3, -0.25) is 0 Å². The molecule has 0 spiro atoms. The van der Waals surface area contributed by atoms with E-state index in [-0.39, 0.29) is 18.1 Å². The standard InChI is InChI=1S/C11H24O4S2/c1-14-11(15-2)7-10(6-9(13)8-12)17-5-3-4-16/h9-13,16H,3-8H2,1-2H3. The van der Waals surface area contributed by atoms with Crippen LogP contribution in [0.4, 0.5) is 0 Å². The van der Waals surface area contributed by atoms with Crippen molar-refractivity contribution in [2.24, 2.45) is 0 Å². The molecule has 0 radical (unpaired) electrons. The zero-order chi connectivity index (χ0) is 13.1. The van der Waals surface area contributed by atoms with Gasteiger partial charge in [0.05, 0.1) is 12.7 Å². The van der Waals surface area contributed by atoms with Crippen molar-refractivity contribution in [1.29, 1.82) is 0 Å². The van der Waals surface area contributed by atoms with Crippen molar-refractivity contribution in [3.63, 3.8) is 0 Å². The van der Waals surface area contributed by atoms with Crippen LogP contribution >= 0.6 is 24.4 Å². The van der Waals surface area contributed by atoms with Crippen LogP contribution in [0, 0.1) is 0 Å². The molecule has 0 heterocycles. The fourth-order valence-corrected chi connectivity index (χ4v) is 3.10. The molecule has 2 atom stereocenters. The maximum atomic E-state index is 9.48. The molecule has 0 rings (SSSR count). The number of rotatable bonds is 11. The molecular formula is C11H24O4S2. The smallest absolute Gasteiger partial charge is 0.157 e. The number of hydrogen-bond donors (Lipinski definition) is 3. The molecule has 0 aromatic heterocycles. The SMILES string of the molecule is COC(CC(CC(O)CO)SCCCS)OC. The molecule has 0 bridgehead atoms. The monoisotopic (exact) mass is 284 g/mol. The predicted molar refractivity (Wildman–Crippen MR) is 74.8 cm³/mol. The Hall–Kier alpha value is 0.540. The minimum absolute atomic E-state index is 0.200. The Kier molecular flexibility index (Phi) is 12.0. The van der Waals surface area contributed by atoms with Crippen LogP contribution in [0.1, 0.15) is 19.3 Å². The fourth-order valence-electron chi connectivity index (χ4n) is 1.43. The second kappa shape index (κ2) is 11.6. The van der Waals surface area contributed by atoms with E-state index in [2.05, 4.69) is 12.6 Å².